The molecule has 4 nitrogen and oxygen atoms in total. The Bertz CT molecular complexity index is 368. The predicted molar refractivity (Wildman–Crippen MR) is 63.7 cm³/mol. The number of rotatable bonds is 3. The maximum Gasteiger partial charge on any atom is 0.233 e. The van der Waals surface area contributed by atoms with E-state index in [9.17, 15) is 9.59 Å². The highest BCUT2D eigenvalue weighted by atomic mass is 32.2. The summed E-state index contributed by atoms with van der Waals surface area (Å²) in [6.07, 6.45) is 2.75. The summed E-state index contributed by atoms with van der Waals surface area (Å²) in [7, 11) is 0. The van der Waals surface area contributed by atoms with Crippen molar-refractivity contribution in [2.24, 2.45) is 0 Å². The number of likely N-dealkylation sites (tertiary alicyclic amines) is 1. The first-order valence-corrected chi connectivity index (χ1v) is 6.94. The molecule has 0 saturated carbocycles. The molecule has 1 aromatic heterocycles. The number of carbonyl (C=O) groups is 2. The topological polar surface area (TPSA) is 50.3 Å². The minimum atomic E-state index is 0.104. The number of carbonyl (C=O) groups excluding carboxylic acids is 2. The Hall–Kier alpha value is -0.880. The van der Waals surface area contributed by atoms with Gasteiger partial charge in [0.2, 0.25) is 5.91 Å². The lowest BCUT2D eigenvalue weighted by Gasteiger charge is -2.25. The monoisotopic (exact) mass is 256 g/mol. The molecule has 0 spiro atoms. The third-order valence-electron chi connectivity index (χ3n) is 2.40. The molecule has 1 aliphatic rings. The van der Waals surface area contributed by atoms with Gasteiger partial charge in [-0.25, -0.2) is 4.98 Å². The molecule has 2 heterocycles. The zero-order valence-electron chi connectivity index (χ0n) is 8.72. The zero-order chi connectivity index (χ0) is 11.4. The van der Waals surface area contributed by atoms with Crippen molar-refractivity contribution in [2.45, 2.75) is 17.2 Å². The first-order chi connectivity index (χ1) is 7.75. The second kappa shape index (κ2) is 5.45. The molecule has 6 heteroatoms. The first kappa shape index (κ1) is 11.6. The van der Waals surface area contributed by atoms with Crippen LogP contribution in [0.4, 0.5) is 0 Å². The molecule has 1 aromatic rings. The molecular weight excluding hydrogens is 244 g/mol. The fourth-order valence-corrected chi connectivity index (χ4v) is 3.04. The lowest BCUT2D eigenvalue weighted by molar-refractivity contribution is -0.132. The molecule has 1 saturated heterocycles. The maximum absolute atomic E-state index is 11.8. The predicted octanol–water partition coefficient (Wildman–Crippen LogP) is 1.43. The van der Waals surface area contributed by atoms with E-state index in [2.05, 4.69) is 4.98 Å². The molecule has 1 fully saturated rings. The lowest BCUT2D eigenvalue weighted by atomic mass is 10.1. The van der Waals surface area contributed by atoms with Gasteiger partial charge >= 0.3 is 0 Å². The van der Waals surface area contributed by atoms with E-state index in [-0.39, 0.29) is 11.7 Å². The van der Waals surface area contributed by atoms with Gasteiger partial charge < -0.3 is 4.90 Å². The van der Waals surface area contributed by atoms with Crippen molar-refractivity contribution in [3.05, 3.63) is 11.6 Å². The summed E-state index contributed by atoms with van der Waals surface area (Å²) in [4.78, 5) is 28.7. The summed E-state index contributed by atoms with van der Waals surface area (Å²) in [5.41, 5.74) is 0. The number of nitrogens with zero attached hydrogens (tertiary/aromatic N) is 2. The van der Waals surface area contributed by atoms with Crippen LogP contribution >= 0.6 is 23.1 Å². The summed E-state index contributed by atoms with van der Waals surface area (Å²) >= 11 is 3.00. The minimum absolute atomic E-state index is 0.104. The van der Waals surface area contributed by atoms with Crippen LogP contribution in [0.5, 0.6) is 0 Å². The van der Waals surface area contributed by atoms with Crippen LogP contribution in [0.2, 0.25) is 0 Å². The zero-order valence-corrected chi connectivity index (χ0v) is 10.4. The quantitative estimate of drug-likeness (QED) is 0.768. The fourth-order valence-electron chi connectivity index (χ4n) is 1.50. The number of aromatic nitrogens is 1. The van der Waals surface area contributed by atoms with Crippen LogP contribution in [-0.4, -0.2) is 40.4 Å². The summed E-state index contributed by atoms with van der Waals surface area (Å²) in [6.45, 7) is 1.16. The van der Waals surface area contributed by atoms with Gasteiger partial charge in [0, 0.05) is 37.5 Å². The molecule has 2 rings (SSSR count). The maximum atomic E-state index is 11.8. The second-order valence-electron chi connectivity index (χ2n) is 3.51. The van der Waals surface area contributed by atoms with Gasteiger partial charge in [0.25, 0.3) is 0 Å². The molecule has 1 aliphatic heterocycles. The van der Waals surface area contributed by atoms with Crippen LogP contribution < -0.4 is 0 Å². The largest absolute Gasteiger partial charge is 0.341 e. The van der Waals surface area contributed by atoms with E-state index < -0.39 is 0 Å². The molecule has 86 valence electrons. The molecule has 0 N–H and O–H groups in total. The van der Waals surface area contributed by atoms with Crippen LogP contribution in [-0.2, 0) is 9.59 Å². The Kier molecular flexibility index (Phi) is 3.95. The Labute approximate surface area is 102 Å². The number of thiazole rings is 1. The third-order valence-corrected chi connectivity index (χ3v) is 4.35. The van der Waals surface area contributed by atoms with E-state index in [1.807, 2.05) is 5.38 Å². The highest BCUT2D eigenvalue weighted by Crippen LogP contribution is 2.20. The van der Waals surface area contributed by atoms with Crippen molar-refractivity contribution in [3.8, 4) is 0 Å². The SMILES string of the molecule is O=C1CCN(C(=O)CSc2nccs2)CC1. The third kappa shape index (κ3) is 3.05. The molecular formula is C10H12N2O2S2. The van der Waals surface area contributed by atoms with Gasteiger partial charge in [-0.05, 0) is 0 Å². The van der Waals surface area contributed by atoms with E-state index in [0.717, 1.165) is 4.34 Å². The van der Waals surface area contributed by atoms with Crippen molar-refractivity contribution >= 4 is 34.8 Å². The van der Waals surface area contributed by atoms with E-state index in [4.69, 9.17) is 0 Å². The van der Waals surface area contributed by atoms with Crippen LogP contribution in [0.15, 0.2) is 15.9 Å². The van der Waals surface area contributed by atoms with Crippen molar-refractivity contribution in [3.63, 3.8) is 0 Å². The highest BCUT2D eigenvalue weighted by Gasteiger charge is 2.20. The number of ketones is 1. The normalized spacial score (nSPS) is 16.5. The highest BCUT2D eigenvalue weighted by molar-refractivity contribution is 8.01. The standard InChI is InChI=1S/C10H12N2O2S2/c13-8-1-4-12(5-2-8)9(14)7-16-10-11-3-6-15-10/h3,6H,1-2,4-5,7H2. The molecule has 0 atom stereocenters. The number of thioether (sulfide) groups is 1. The van der Waals surface area contributed by atoms with Gasteiger partial charge in [-0.1, -0.05) is 11.8 Å². The van der Waals surface area contributed by atoms with Gasteiger partial charge in [0.1, 0.15) is 10.1 Å². The summed E-state index contributed by atoms with van der Waals surface area (Å²) < 4.78 is 0.918. The molecule has 0 unspecified atom stereocenters. The van der Waals surface area contributed by atoms with Crippen molar-refractivity contribution in [1.29, 1.82) is 0 Å². The van der Waals surface area contributed by atoms with E-state index in [1.165, 1.54) is 23.1 Å². The van der Waals surface area contributed by atoms with E-state index >= 15 is 0 Å². The van der Waals surface area contributed by atoms with Crippen molar-refractivity contribution in [1.82, 2.24) is 9.88 Å². The van der Waals surface area contributed by atoms with Crippen LogP contribution in [0.1, 0.15) is 12.8 Å². The average Bonchev–Trinajstić information content (AvgIpc) is 2.80. The summed E-state index contributed by atoms with van der Waals surface area (Å²) in [6, 6.07) is 0. The van der Waals surface area contributed by atoms with Gasteiger partial charge in [-0.3, -0.25) is 9.59 Å². The summed E-state index contributed by atoms with van der Waals surface area (Å²) in [5.74, 6) is 0.783. The minimum Gasteiger partial charge on any atom is -0.341 e. The van der Waals surface area contributed by atoms with Crippen LogP contribution in [0.3, 0.4) is 0 Å². The van der Waals surface area contributed by atoms with Gasteiger partial charge in [-0.2, -0.15) is 0 Å². The fraction of sp³-hybridized carbons (Fsp3) is 0.500. The van der Waals surface area contributed by atoms with Crippen LogP contribution in [0, 0.1) is 0 Å². The van der Waals surface area contributed by atoms with Gasteiger partial charge in [0.05, 0.1) is 5.75 Å². The number of amides is 1. The molecule has 0 aliphatic carbocycles. The van der Waals surface area contributed by atoms with Gasteiger partial charge in [0.15, 0.2) is 0 Å². The Morgan fingerprint density at radius 2 is 2.25 bits per heavy atom. The molecule has 1 amide bonds. The molecule has 0 aromatic carbocycles. The Morgan fingerprint density at radius 1 is 1.50 bits per heavy atom. The number of Topliss-reactive ketones (excluding diaryl/α,β-unsaturated/α-hetero) is 1. The van der Waals surface area contributed by atoms with Gasteiger partial charge in [-0.15, -0.1) is 11.3 Å². The van der Waals surface area contributed by atoms with Crippen molar-refractivity contribution in [2.75, 3.05) is 18.8 Å². The molecule has 0 bridgehead atoms. The smallest absolute Gasteiger partial charge is 0.233 e. The number of hydrogen-bond acceptors (Lipinski definition) is 5. The van der Waals surface area contributed by atoms with Crippen LogP contribution in [0.25, 0.3) is 0 Å². The first-order valence-electron chi connectivity index (χ1n) is 5.07. The number of hydrogen-bond donors (Lipinski definition) is 0. The Balaban J connectivity index is 1.77. The lowest BCUT2D eigenvalue weighted by Crippen LogP contribution is -2.39. The average molecular weight is 256 g/mol. The Morgan fingerprint density at radius 3 is 2.88 bits per heavy atom. The van der Waals surface area contributed by atoms with E-state index in [1.54, 1.807) is 11.1 Å². The second-order valence-corrected chi connectivity index (χ2v) is 5.62. The molecule has 16 heavy (non-hydrogen) atoms. The van der Waals surface area contributed by atoms with Crippen molar-refractivity contribution < 1.29 is 9.59 Å². The van der Waals surface area contributed by atoms with E-state index in [0.29, 0.717) is 31.7 Å². The number of piperidine rings is 1. The summed E-state index contributed by atoms with van der Waals surface area (Å²) in [5, 5.41) is 1.90. The molecule has 0 radical (unpaired) electrons.